The molecule has 0 spiro atoms. The van der Waals surface area contributed by atoms with E-state index in [4.69, 9.17) is 9.84 Å². The van der Waals surface area contributed by atoms with Crippen LogP contribution in [-0.2, 0) is 5.92 Å². The number of aliphatic hydroxyl groups excluding tert-OH is 1. The number of halogens is 2. The van der Waals surface area contributed by atoms with Gasteiger partial charge in [-0.2, -0.15) is 0 Å². The van der Waals surface area contributed by atoms with E-state index in [1.54, 1.807) is 24.3 Å². The van der Waals surface area contributed by atoms with Gasteiger partial charge in [0.05, 0.1) is 7.11 Å². The Morgan fingerprint density at radius 3 is 2.39 bits per heavy atom. The third-order valence-corrected chi connectivity index (χ3v) is 2.92. The molecule has 2 rings (SSSR count). The number of fused-ring (bicyclic) bond motifs is 1. The molecule has 4 heteroatoms. The van der Waals surface area contributed by atoms with Crippen LogP contribution < -0.4 is 4.74 Å². The number of methoxy groups -OCH3 is 1. The largest absolute Gasteiger partial charge is 0.496 e. The van der Waals surface area contributed by atoms with E-state index in [2.05, 4.69) is 0 Å². The van der Waals surface area contributed by atoms with Gasteiger partial charge in [-0.25, -0.2) is 8.78 Å². The van der Waals surface area contributed by atoms with E-state index in [-0.39, 0.29) is 5.56 Å². The lowest BCUT2D eigenvalue weighted by atomic mass is 9.97. The van der Waals surface area contributed by atoms with Crippen LogP contribution in [0.3, 0.4) is 0 Å². The normalized spacial score (nSPS) is 11.8. The molecule has 0 radical (unpaired) electrons. The molecule has 0 aromatic heterocycles. The van der Waals surface area contributed by atoms with E-state index < -0.39 is 19.0 Å². The van der Waals surface area contributed by atoms with Crippen LogP contribution >= 0.6 is 0 Å². The van der Waals surface area contributed by atoms with Crippen molar-refractivity contribution in [2.24, 2.45) is 0 Å². The maximum atomic E-state index is 13.9. The summed E-state index contributed by atoms with van der Waals surface area (Å²) in [5.74, 6) is -2.48. The number of benzene rings is 2. The van der Waals surface area contributed by atoms with E-state index >= 15 is 0 Å². The van der Waals surface area contributed by atoms with Gasteiger partial charge < -0.3 is 9.84 Å². The van der Waals surface area contributed by atoms with Crippen LogP contribution in [0.1, 0.15) is 12.0 Å². The summed E-state index contributed by atoms with van der Waals surface area (Å²) in [6.45, 7) is -0.548. The molecule has 2 aromatic rings. The zero-order valence-corrected chi connectivity index (χ0v) is 9.99. The Kier molecular flexibility index (Phi) is 3.48. The molecule has 0 aliphatic rings. The molecule has 18 heavy (non-hydrogen) atoms. The van der Waals surface area contributed by atoms with Crippen molar-refractivity contribution >= 4 is 10.8 Å². The minimum atomic E-state index is -3.04. The first-order valence-corrected chi connectivity index (χ1v) is 5.65. The summed E-state index contributed by atoms with van der Waals surface area (Å²) < 4.78 is 33.0. The molecule has 0 bridgehead atoms. The fraction of sp³-hybridized carbons (Fsp3) is 0.286. The van der Waals surface area contributed by atoms with E-state index in [0.717, 1.165) is 0 Å². The van der Waals surface area contributed by atoms with Gasteiger partial charge in [-0.1, -0.05) is 24.3 Å². The van der Waals surface area contributed by atoms with E-state index in [1.807, 2.05) is 0 Å². The van der Waals surface area contributed by atoms with Crippen LogP contribution in [0.2, 0.25) is 0 Å². The Balaban J connectivity index is 2.66. The van der Waals surface area contributed by atoms with Crippen LogP contribution in [0.5, 0.6) is 5.75 Å². The Labute approximate surface area is 104 Å². The van der Waals surface area contributed by atoms with Crippen molar-refractivity contribution in [3.8, 4) is 5.75 Å². The molecule has 1 N–H and O–H groups in total. The standard InChI is InChI=1S/C14H14F2O2/c1-18-13-7-6-12(14(15,16)8-9-17)10-4-2-3-5-11(10)13/h2-7,17H,8-9H2,1H3. The summed E-state index contributed by atoms with van der Waals surface area (Å²) in [6.07, 6.45) is -0.580. The molecule has 2 aromatic carbocycles. The van der Waals surface area contributed by atoms with Crippen molar-refractivity contribution < 1.29 is 18.6 Å². The Morgan fingerprint density at radius 2 is 1.78 bits per heavy atom. The van der Waals surface area contributed by atoms with E-state index in [9.17, 15) is 8.78 Å². The van der Waals surface area contributed by atoms with Gasteiger partial charge in [-0.05, 0) is 17.5 Å². The fourth-order valence-corrected chi connectivity index (χ4v) is 2.04. The third kappa shape index (κ3) is 2.16. The molecular weight excluding hydrogens is 238 g/mol. The quantitative estimate of drug-likeness (QED) is 0.904. The lowest BCUT2D eigenvalue weighted by molar-refractivity contribution is -0.0255. The van der Waals surface area contributed by atoms with Gasteiger partial charge in [0, 0.05) is 24.0 Å². The fourth-order valence-electron chi connectivity index (χ4n) is 2.04. The molecule has 2 nitrogen and oxygen atoms in total. The summed E-state index contributed by atoms with van der Waals surface area (Å²) >= 11 is 0. The molecule has 96 valence electrons. The second-order valence-electron chi connectivity index (χ2n) is 4.04. The summed E-state index contributed by atoms with van der Waals surface area (Å²) in [6, 6.07) is 9.75. The Morgan fingerprint density at radius 1 is 1.11 bits per heavy atom. The van der Waals surface area contributed by atoms with E-state index in [1.165, 1.54) is 19.2 Å². The van der Waals surface area contributed by atoms with Gasteiger partial charge in [0.15, 0.2) is 0 Å². The Hall–Kier alpha value is -1.68. The molecule has 0 aliphatic carbocycles. The zero-order valence-electron chi connectivity index (χ0n) is 9.99. The van der Waals surface area contributed by atoms with Crippen LogP contribution in [0.4, 0.5) is 8.78 Å². The second-order valence-corrected chi connectivity index (χ2v) is 4.04. The number of ether oxygens (including phenoxy) is 1. The first kappa shape index (κ1) is 12.8. The first-order chi connectivity index (χ1) is 8.60. The Bertz CT molecular complexity index is 552. The molecule has 0 heterocycles. The van der Waals surface area contributed by atoms with Crippen molar-refractivity contribution in [2.75, 3.05) is 13.7 Å². The summed E-state index contributed by atoms with van der Waals surface area (Å²) in [5, 5.41) is 9.83. The third-order valence-electron chi connectivity index (χ3n) is 2.92. The number of alkyl halides is 2. The smallest absolute Gasteiger partial charge is 0.276 e. The van der Waals surface area contributed by atoms with Crippen LogP contribution in [-0.4, -0.2) is 18.8 Å². The highest BCUT2D eigenvalue weighted by Crippen LogP contribution is 2.39. The molecule has 0 saturated heterocycles. The lowest BCUT2D eigenvalue weighted by Gasteiger charge is -2.18. The zero-order chi connectivity index (χ0) is 13.2. The number of aliphatic hydroxyl groups is 1. The molecule has 0 amide bonds. The highest BCUT2D eigenvalue weighted by atomic mass is 19.3. The van der Waals surface area contributed by atoms with Crippen LogP contribution in [0.25, 0.3) is 10.8 Å². The van der Waals surface area contributed by atoms with Crippen LogP contribution in [0.15, 0.2) is 36.4 Å². The SMILES string of the molecule is COc1ccc(C(F)(F)CCO)c2ccccc12. The maximum Gasteiger partial charge on any atom is 0.276 e. The van der Waals surface area contributed by atoms with Crippen molar-refractivity contribution in [3.05, 3.63) is 42.0 Å². The highest BCUT2D eigenvalue weighted by Gasteiger charge is 2.32. The minimum Gasteiger partial charge on any atom is -0.496 e. The predicted molar refractivity (Wildman–Crippen MR) is 66.1 cm³/mol. The number of hydrogen-bond donors (Lipinski definition) is 1. The monoisotopic (exact) mass is 252 g/mol. The van der Waals surface area contributed by atoms with Crippen LogP contribution in [0, 0.1) is 0 Å². The van der Waals surface area contributed by atoms with Gasteiger partial charge in [0.2, 0.25) is 0 Å². The minimum absolute atomic E-state index is 0.0760. The van der Waals surface area contributed by atoms with Gasteiger partial charge >= 0.3 is 0 Å². The molecular formula is C14H14F2O2. The average molecular weight is 252 g/mol. The second kappa shape index (κ2) is 4.90. The highest BCUT2D eigenvalue weighted by molar-refractivity contribution is 5.91. The predicted octanol–water partition coefficient (Wildman–Crippen LogP) is 3.32. The van der Waals surface area contributed by atoms with Gasteiger partial charge in [0.1, 0.15) is 5.75 Å². The van der Waals surface area contributed by atoms with Gasteiger partial charge in [-0.15, -0.1) is 0 Å². The molecule has 0 unspecified atom stereocenters. The summed E-state index contributed by atoms with van der Waals surface area (Å²) in [5.41, 5.74) is -0.0760. The molecule has 0 atom stereocenters. The number of hydrogen-bond acceptors (Lipinski definition) is 2. The van der Waals surface area contributed by atoms with Crippen molar-refractivity contribution in [2.45, 2.75) is 12.3 Å². The maximum absolute atomic E-state index is 13.9. The number of rotatable bonds is 4. The topological polar surface area (TPSA) is 29.5 Å². The van der Waals surface area contributed by atoms with Crippen molar-refractivity contribution in [1.29, 1.82) is 0 Å². The first-order valence-electron chi connectivity index (χ1n) is 5.65. The van der Waals surface area contributed by atoms with Gasteiger partial charge in [0.25, 0.3) is 5.92 Å². The average Bonchev–Trinajstić information content (AvgIpc) is 2.37. The van der Waals surface area contributed by atoms with E-state index in [0.29, 0.717) is 16.5 Å². The van der Waals surface area contributed by atoms with Crippen molar-refractivity contribution in [3.63, 3.8) is 0 Å². The molecule has 0 aliphatic heterocycles. The van der Waals surface area contributed by atoms with Crippen molar-refractivity contribution in [1.82, 2.24) is 0 Å². The van der Waals surface area contributed by atoms with Gasteiger partial charge in [-0.3, -0.25) is 0 Å². The molecule has 0 fully saturated rings. The molecule has 0 saturated carbocycles. The summed E-state index contributed by atoms with van der Waals surface area (Å²) in [7, 11) is 1.51. The summed E-state index contributed by atoms with van der Waals surface area (Å²) in [4.78, 5) is 0. The lowest BCUT2D eigenvalue weighted by Crippen LogP contribution is -2.15.